The topological polar surface area (TPSA) is 79.4 Å². The molecular formula is C12H17N3O3S. The van der Waals surface area contributed by atoms with E-state index >= 15 is 0 Å². The minimum atomic E-state index is -2.99. The number of sulfone groups is 1. The molecule has 2 heterocycles. The predicted octanol–water partition coefficient (Wildman–Crippen LogP) is 1.12. The van der Waals surface area contributed by atoms with Crippen LogP contribution in [-0.2, 0) is 9.84 Å². The van der Waals surface area contributed by atoms with Crippen LogP contribution in [0.4, 0.5) is 10.5 Å². The molecule has 0 spiro atoms. The minimum Gasteiger partial charge on any atom is -0.321 e. The van der Waals surface area contributed by atoms with Crippen molar-refractivity contribution >= 4 is 21.6 Å². The van der Waals surface area contributed by atoms with Gasteiger partial charge in [0.25, 0.3) is 0 Å². The monoisotopic (exact) mass is 283 g/mol. The molecule has 2 rings (SSSR count). The summed E-state index contributed by atoms with van der Waals surface area (Å²) in [6.07, 6.45) is 3.69. The van der Waals surface area contributed by atoms with E-state index < -0.39 is 9.84 Å². The maximum absolute atomic E-state index is 12.1. The average molecular weight is 283 g/mol. The molecule has 1 unspecified atom stereocenters. The van der Waals surface area contributed by atoms with E-state index in [1.165, 1.54) is 0 Å². The lowest BCUT2D eigenvalue weighted by Crippen LogP contribution is -2.43. The number of carbonyl (C=O) groups excluding carboxylic acids is 1. The molecule has 1 saturated heterocycles. The maximum atomic E-state index is 12.1. The van der Waals surface area contributed by atoms with Gasteiger partial charge in [0.2, 0.25) is 0 Å². The maximum Gasteiger partial charge on any atom is 0.322 e. The zero-order valence-corrected chi connectivity index (χ0v) is 11.6. The highest BCUT2D eigenvalue weighted by Crippen LogP contribution is 2.18. The van der Waals surface area contributed by atoms with Crippen LogP contribution in [0.15, 0.2) is 24.5 Å². The van der Waals surface area contributed by atoms with Crippen LogP contribution < -0.4 is 5.32 Å². The van der Waals surface area contributed by atoms with E-state index in [1.54, 1.807) is 29.4 Å². The molecule has 0 radical (unpaired) electrons. The van der Waals surface area contributed by atoms with Crippen LogP contribution >= 0.6 is 0 Å². The van der Waals surface area contributed by atoms with Crippen LogP contribution in [0.3, 0.4) is 0 Å². The number of pyridine rings is 1. The number of urea groups is 1. The zero-order valence-electron chi connectivity index (χ0n) is 10.7. The Labute approximate surface area is 112 Å². The van der Waals surface area contributed by atoms with Crippen molar-refractivity contribution in [2.75, 3.05) is 23.4 Å². The first kappa shape index (κ1) is 13.8. The van der Waals surface area contributed by atoms with E-state index in [4.69, 9.17) is 0 Å². The number of hydrogen-bond acceptors (Lipinski definition) is 4. The summed E-state index contributed by atoms with van der Waals surface area (Å²) in [4.78, 5) is 17.6. The Balaban J connectivity index is 2.04. The molecule has 0 bridgehead atoms. The summed E-state index contributed by atoms with van der Waals surface area (Å²) < 4.78 is 22.9. The van der Waals surface area contributed by atoms with E-state index in [9.17, 15) is 13.2 Å². The highest BCUT2D eigenvalue weighted by atomic mass is 32.2. The number of anilines is 1. The summed E-state index contributed by atoms with van der Waals surface area (Å²) >= 11 is 0. The van der Waals surface area contributed by atoms with Gasteiger partial charge in [-0.15, -0.1) is 0 Å². The van der Waals surface area contributed by atoms with Crippen molar-refractivity contribution in [3.63, 3.8) is 0 Å². The highest BCUT2D eigenvalue weighted by Gasteiger charge is 2.33. The van der Waals surface area contributed by atoms with Crippen molar-refractivity contribution in [1.82, 2.24) is 9.88 Å². The molecular weight excluding hydrogens is 266 g/mol. The molecule has 2 amide bonds. The minimum absolute atomic E-state index is 0.0568. The fourth-order valence-electron chi connectivity index (χ4n) is 2.22. The van der Waals surface area contributed by atoms with Gasteiger partial charge < -0.3 is 10.2 Å². The molecule has 0 aromatic carbocycles. The number of carbonyl (C=O) groups is 1. The normalized spacial score (nSPS) is 21.0. The smallest absolute Gasteiger partial charge is 0.321 e. The Bertz CT molecular complexity index is 545. The van der Waals surface area contributed by atoms with Gasteiger partial charge in [0.15, 0.2) is 9.84 Å². The van der Waals surface area contributed by atoms with Gasteiger partial charge in [0, 0.05) is 18.8 Å². The highest BCUT2D eigenvalue weighted by molar-refractivity contribution is 7.91. The molecule has 1 N–H and O–H groups in total. The zero-order chi connectivity index (χ0) is 13.9. The summed E-state index contributed by atoms with van der Waals surface area (Å²) in [7, 11) is -2.99. The van der Waals surface area contributed by atoms with E-state index in [2.05, 4.69) is 10.3 Å². The van der Waals surface area contributed by atoms with Crippen LogP contribution in [0, 0.1) is 0 Å². The molecule has 1 aliphatic heterocycles. The quantitative estimate of drug-likeness (QED) is 0.901. The van der Waals surface area contributed by atoms with Gasteiger partial charge in [0.05, 0.1) is 23.4 Å². The lowest BCUT2D eigenvalue weighted by molar-refractivity contribution is 0.197. The van der Waals surface area contributed by atoms with Gasteiger partial charge in [-0.25, -0.2) is 13.2 Å². The third kappa shape index (κ3) is 3.44. The summed E-state index contributed by atoms with van der Waals surface area (Å²) in [5.41, 5.74) is 0.604. The molecule has 1 aromatic rings. The van der Waals surface area contributed by atoms with Gasteiger partial charge >= 0.3 is 6.03 Å². The number of aromatic nitrogens is 1. The van der Waals surface area contributed by atoms with Crippen molar-refractivity contribution in [2.24, 2.45) is 0 Å². The van der Waals surface area contributed by atoms with Crippen molar-refractivity contribution < 1.29 is 13.2 Å². The first-order valence-electron chi connectivity index (χ1n) is 6.20. The van der Waals surface area contributed by atoms with Gasteiger partial charge in [-0.1, -0.05) is 0 Å². The SMILES string of the molecule is CCN(C(=O)Nc1cccnc1)C1CCS(=O)(=O)C1. The molecule has 6 nitrogen and oxygen atoms in total. The number of nitrogens with zero attached hydrogens (tertiary/aromatic N) is 2. The largest absolute Gasteiger partial charge is 0.322 e. The number of nitrogens with one attached hydrogen (secondary N) is 1. The van der Waals surface area contributed by atoms with Crippen molar-refractivity contribution in [1.29, 1.82) is 0 Å². The molecule has 0 saturated carbocycles. The summed E-state index contributed by atoms with van der Waals surface area (Å²) in [6, 6.07) is 2.96. The Morgan fingerprint density at radius 3 is 2.89 bits per heavy atom. The second-order valence-corrected chi connectivity index (χ2v) is 6.74. The Kier molecular flexibility index (Phi) is 4.04. The van der Waals surface area contributed by atoms with Crippen LogP contribution in [-0.4, -0.2) is 48.4 Å². The summed E-state index contributed by atoms with van der Waals surface area (Å²) in [5.74, 6) is 0.218. The Morgan fingerprint density at radius 1 is 1.58 bits per heavy atom. The Morgan fingerprint density at radius 2 is 2.37 bits per heavy atom. The van der Waals surface area contributed by atoms with Gasteiger partial charge in [0.1, 0.15) is 0 Å². The number of hydrogen-bond donors (Lipinski definition) is 1. The first-order chi connectivity index (χ1) is 9.02. The molecule has 1 aliphatic rings. The van der Waals surface area contributed by atoms with Crippen LogP contribution in [0.1, 0.15) is 13.3 Å². The van der Waals surface area contributed by atoms with Crippen LogP contribution in [0.25, 0.3) is 0 Å². The molecule has 1 atom stereocenters. The second kappa shape index (κ2) is 5.56. The second-order valence-electron chi connectivity index (χ2n) is 4.51. The molecule has 1 fully saturated rings. The lowest BCUT2D eigenvalue weighted by Gasteiger charge is -2.26. The summed E-state index contributed by atoms with van der Waals surface area (Å²) in [5, 5.41) is 2.73. The fourth-order valence-corrected chi connectivity index (χ4v) is 3.95. The van der Waals surface area contributed by atoms with E-state index in [0.717, 1.165) is 0 Å². The molecule has 104 valence electrons. The van der Waals surface area contributed by atoms with Crippen molar-refractivity contribution in [3.05, 3.63) is 24.5 Å². The van der Waals surface area contributed by atoms with E-state index in [1.807, 2.05) is 6.92 Å². The Hall–Kier alpha value is -1.63. The third-order valence-corrected chi connectivity index (χ3v) is 4.91. The van der Waals surface area contributed by atoms with Crippen LogP contribution in [0.2, 0.25) is 0 Å². The summed E-state index contributed by atoms with van der Waals surface area (Å²) in [6.45, 7) is 2.32. The third-order valence-electron chi connectivity index (χ3n) is 3.16. The fraction of sp³-hybridized carbons (Fsp3) is 0.500. The molecule has 0 aliphatic carbocycles. The first-order valence-corrected chi connectivity index (χ1v) is 8.02. The predicted molar refractivity (Wildman–Crippen MR) is 72.7 cm³/mol. The van der Waals surface area contributed by atoms with E-state index in [0.29, 0.717) is 18.7 Å². The van der Waals surface area contributed by atoms with Crippen molar-refractivity contribution in [3.8, 4) is 0 Å². The van der Waals surface area contributed by atoms with Gasteiger partial charge in [-0.3, -0.25) is 4.98 Å². The molecule has 1 aromatic heterocycles. The van der Waals surface area contributed by atoms with Crippen LogP contribution in [0.5, 0.6) is 0 Å². The molecule has 19 heavy (non-hydrogen) atoms. The molecule has 7 heteroatoms. The number of amides is 2. The van der Waals surface area contributed by atoms with Gasteiger partial charge in [-0.2, -0.15) is 0 Å². The standard InChI is InChI=1S/C12H17N3O3S/c1-2-15(11-5-7-19(17,18)9-11)12(16)14-10-4-3-6-13-8-10/h3-4,6,8,11H,2,5,7,9H2,1H3,(H,14,16). The van der Waals surface area contributed by atoms with Gasteiger partial charge in [-0.05, 0) is 25.5 Å². The van der Waals surface area contributed by atoms with Crippen molar-refractivity contribution in [2.45, 2.75) is 19.4 Å². The average Bonchev–Trinajstić information content (AvgIpc) is 2.72. The lowest BCUT2D eigenvalue weighted by atomic mass is 10.2. The van der Waals surface area contributed by atoms with E-state index in [-0.39, 0.29) is 23.6 Å². The number of rotatable bonds is 3.